The van der Waals surface area contributed by atoms with Gasteiger partial charge < -0.3 is 0 Å². The minimum Gasteiger partial charge on any atom is -0.268 e. The highest BCUT2D eigenvalue weighted by atomic mass is 16.2. The van der Waals surface area contributed by atoms with Crippen LogP contribution in [-0.4, -0.2) is 23.6 Å². The summed E-state index contributed by atoms with van der Waals surface area (Å²) >= 11 is 0. The van der Waals surface area contributed by atoms with Crippen molar-refractivity contribution in [3.05, 3.63) is 105 Å². The fraction of sp³-hybridized carbons (Fsp3) is 0.133. The zero-order valence-electron chi connectivity index (χ0n) is 20.3. The molecule has 6 heteroatoms. The highest BCUT2D eigenvalue weighted by Crippen LogP contribution is 2.41. The van der Waals surface area contributed by atoms with Crippen LogP contribution in [0.4, 0.5) is 11.4 Å². The average molecular weight is 475 g/mol. The summed E-state index contributed by atoms with van der Waals surface area (Å²) in [6.45, 7) is 7.44. The molecule has 0 N–H and O–H groups in total. The number of benzene rings is 4. The van der Waals surface area contributed by atoms with Crippen molar-refractivity contribution in [3.63, 3.8) is 0 Å². The standard InChI is InChI=1S/C30H22N2O4/c1-15-7-5-8-16(2)25(15)31-27(33)19-11-13-21-24-22(14-12-20(23(19)24)28(31)34)30(36)32(29(21)35)26-17(3)9-6-10-18(26)4/h5-14H,1-4H3. The molecule has 0 saturated heterocycles. The number of anilines is 2. The van der Waals surface area contributed by atoms with E-state index in [4.69, 9.17) is 0 Å². The number of para-hydroxylation sites is 2. The molecule has 0 atom stereocenters. The van der Waals surface area contributed by atoms with Gasteiger partial charge >= 0.3 is 0 Å². The Bertz CT molecular complexity index is 1480. The number of aryl methyl sites for hydroxylation is 4. The smallest absolute Gasteiger partial charge is 0.266 e. The number of amides is 4. The van der Waals surface area contributed by atoms with Crippen molar-refractivity contribution in [1.82, 2.24) is 0 Å². The first-order chi connectivity index (χ1) is 17.2. The fourth-order valence-corrected chi connectivity index (χ4v) is 5.60. The second-order valence-corrected chi connectivity index (χ2v) is 9.44. The van der Waals surface area contributed by atoms with Gasteiger partial charge in [0.2, 0.25) is 0 Å². The van der Waals surface area contributed by atoms with Crippen LogP contribution in [0.3, 0.4) is 0 Å². The largest absolute Gasteiger partial charge is 0.268 e. The van der Waals surface area contributed by atoms with Gasteiger partial charge in [0.1, 0.15) is 0 Å². The molecule has 2 aliphatic heterocycles. The van der Waals surface area contributed by atoms with E-state index in [0.717, 1.165) is 22.3 Å². The molecule has 36 heavy (non-hydrogen) atoms. The summed E-state index contributed by atoms with van der Waals surface area (Å²) in [5, 5.41) is 0.732. The predicted molar refractivity (Wildman–Crippen MR) is 138 cm³/mol. The second kappa shape index (κ2) is 7.46. The summed E-state index contributed by atoms with van der Waals surface area (Å²) in [4.78, 5) is 57.3. The first-order valence-electron chi connectivity index (χ1n) is 11.7. The molecule has 6 nitrogen and oxygen atoms in total. The lowest BCUT2D eigenvalue weighted by Gasteiger charge is -2.33. The molecule has 2 aliphatic rings. The Labute approximate surface area is 207 Å². The van der Waals surface area contributed by atoms with Crippen molar-refractivity contribution in [1.29, 1.82) is 0 Å². The van der Waals surface area contributed by atoms with Gasteiger partial charge in [-0.2, -0.15) is 0 Å². The molecule has 4 aromatic rings. The third-order valence-electron chi connectivity index (χ3n) is 7.22. The lowest BCUT2D eigenvalue weighted by atomic mass is 9.85. The third kappa shape index (κ3) is 2.72. The summed E-state index contributed by atoms with van der Waals surface area (Å²) < 4.78 is 0. The Kier molecular flexibility index (Phi) is 4.54. The van der Waals surface area contributed by atoms with Gasteiger partial charge in [0.05, 0.1) is 11.4 Å². The number of hydrogen-bond donors (Lipinski definition) is 0. The Morgan fingerprint density at radius 1 is 0.417 bits per heavy atom. The number of imide groups is 2. The molecular weight excluding hydrogens is 452 g/mol. The molecule has 0 spiro atoms. The molecule has 0 aliphatic carbocycles. The van der Waals surface area contributed by atoms with Crippen molar-refractivity contribution < 1.29 is 19.2 Å². The zero-order chi connectivity index (χ0) is 25.5. The molecule has 4 amide bonds. The zero-order valence-corrected chi connectivity index (χ0v) is 20.3. The monoisotopic (exact) mass is 474 g/mol. The number of hydrogen-bond acceptors (Lipinski definition) is 4. The fourth-order valence-electron chi connectivity index (χ4n) is 5.60. The average Bonchev–Trinajstić information content (AvgIpc) is 2.84. The SMILES string of the molecule is Cc1cccc(C)c1N1C(=O)c2ccc3c4c(ccc(c24)C1=O)C(=O)N(c1c(C)cccc1C)C3=O. The molecule has 0 saturated carbocycles. The van der Waals surface area contributed by atoms with Crippen LogP contribution < -0.4 is 9.80 Å². The summed E-state index contributed by atoms with van der Waals surface area (Å²) in [6, 6.07) is 17.6. The molecule has 4 aromatic carbocycles. The van der Waals surface area contributed by atoms with E-state index in [2.05, 4.69) is 0 Å². The Balaban J connectivity index is 1.59. The van der Waals surface area contributed by atoms with E-state index in [1.165, 1.54) is 9.80 Å². The molecule has 0 unspecified atom stereocenters. The van der Waals surface area contributed by atoms with Crippen LogP contribution in [0.1, 0.15) is 63.7 Å². The highest BCUT2D eigenvalue weighted by Gasteiger charge is 2.41. The maximum Gasteiger partial charge on any atom is 0.266 e. The summed E-state index contributed by atoms with van der Waals surface area (Å²) in [7, 11) is 0. The maximum atomic E-state index is 13.7. The molecule has 176 valence electrons. The summed E-state index contributed by atoms with van der Waals surface area (Å²) in [6.07, 6.45) is 0. The van der Waals surface area contributed by atoms with E-state index >= 15 is 0 Å². The number of nitrogens with zero attached hydrogens (tertiary/aromatic N) is 2. The molecule has 2 heterocycles. The van der Waals surface area contributed by atoms with Gasteiger partial charge in [0.25, 0.3) is 23.6 Å². The van der Waals surface area contributed by atoms with Gasteiger partial charge in [-0.05, 0) is 74.2 Å². The minimum absolute atomic E-state index is 0.300. The van der Waals surface area contributed by atoms with Crippen LogP contribution in [0.25, 0.3) is 10.8 Å². The van der Waals surface area contributed by atoms with E-state index in [-0.39, 0.29) is 0 Å². The summed E-state index contributed by atoms with van der Waals surface area (Å²) in [5.74, 6) is -1.87. The number of rotatable bonds is 2. The molecule has 6 rings (SSSR count). The highest BCUT2D eigenvalue weighted by molar-refractivity contribution is 6.42. The van der Waals surface area contributed by atoms with Gasteiger partial charge in [-0.1, -0.05) is 36.4 Å². The van der Waals surface area contributed by atoms with E-state index in [9.17, 15) is 19.2 Å². The first kappa shape index (κ1) is 21.9. The normalized spacial score (nSPS) is 14.8. The van der Waals surface area contributed by atoms with Crippen LogP contribution >= 0.6 is 0 Å². The maximum absolute atomic E-state index is 13.7. The first-order valence-corrected chi connectivity index (χ1v) is 11.7. The van der Waals surface area contributed by atoms with Crippen LogP contribution in [0.2, 0.25) is 0 Å². The number of carbonyl (C=O) groups is 4. The second-order valence-electron chi connectivity index (χ2n) is 9.44. The van der Waals surface area contributed by atoms with Crippen molar-refractivity contribution >= 4 is 45.8 Å². The quantitative estimate of drug-likeness (QED) is 0.351. The van der Waals surface area contributed by atoms with Gasteiger partial charge in [-0.25, -0.2) is 9.80 Å². The van der Waals surface area contributed by atoms with Crippen LogP contribution in [0.5, 0.6) is 0 Å². The van der Waals surface area contributed by atoms with Gasteiger partial charge in [-0.3, -0.25) is 19.2 Å². The van der Waals surface area contributed by atoms with Gasteiger partial charge in [0.15, 0.2) is 0 Å². The third-order valence-corrected chi connectivity index (χ3v) is 7.22. The van der Waals surface area contributed by atoms with E-state index in [1.54, 1.807) is 24.3 Å². The van der Waals surface area contributed by atoms with Crippen molar-refractivity contribution in [3.8, 4) is 0 Å². The van der Waals surface area contributed by atoms with Crippen LogP contribution in [0.15, 0.2) is 60.7 Å². The molecule has 0 aromatic heterocycles. The minimum atomic E-state index is -0.467. The number of carbonyl (C=O) groups excluding carboxylic acids is 4. The van der Waals surface area contributed by atoms with Crippen molar-refractivity contribution in [2.45, 2.75) is 27.7 Å². The van der Waals surface area contributed by atoms with Crippen LogP contribution in [-0.2, 0) is 0 Å². The Morgan fingerprint density at radius 3 is 0.917 bits per heavy atom. The van der Waals surface area contributed by atoms with Crippen LogP contribution in [0, 0.1) is 27.7 Å². The van der Waals surface area contributed by atoms with Crippen molar-refractivity contribution in [2.75, 3.05) is 9.80 Å². The van der Waals surface area contributed by atoms with Crippen molar-refractivity contribution in [2.24, 2.45) is 0 Å². The predicted octanol–water partition coefficient (Wildman–Crippen LogP) is 5.67. The molecule has 0 bridgehead atoms. The molecular formula is C30H22N2O4. The topological polar surface area (TPSA) is 74.8 Å². The van der Waals surface area contributed by atoms with E-state index in [0.29, 0.717) is 44.4 Å². The lowest BCUT2D eigenvalue weighted by Crippen LogP contribution is -2.44. The Morgan fingerprint density at radius 2 is 0.667 bits per heavy atom. The summed E-state index contributed by atoms with van der Waals surface area (Å²) in [5.41, 5.74) is 5.53. The Hall–Kier alpha value is -4.58. The van der Waals surface area contributed by atoms with Gasteiger partial charge in [-0.15, -0.1) is 0 Å². The van der Waals surface area contributed by atoms with Gasteiger partial charge in [0, 0.05) is 33.0 Å². The van der Waals surface area contributed by atoms with E-state index < -0.39 is 23.6 Å². The lowest BCUT2D eigenvalue weighted by molar-refractivity contribution is 0.0872. The van der Waals surface area contributed by atoms with E-state index in [1.807, 2.05) is 64.1 Å². The molecule has 0 fully saturated rings. The molecule has 0 radical (unpaired) electrons.